The molecule has 3 aromatic rings. The molecule has 194 valence electrons. The second-order valence-electron chi connectivity index (χ2n) is 11.4. The first-order valence-corrected chi connectivity index (χ1v) is 12.1. The zero-order valence-corrected chi connectivity index (χ0v) is 19.8. The van der Waals surface area contributed by atoms with Gasteiger partial charge in [-0.3, -0.25) is 0 Å². The first-order valence-electron chi connectivity index (χ1n) is 12.1. The monoisotopic (exact) mass is 508 g/mol. The number of benzene rings is 3. The molecule has 0 unspecified atom stereocenters. The van der Waals surface area contributed by atoms with Gasteiger partial charge in [-0.15, -0.1) is 0 Å². The van der Waals surface area contributed by atoms with E-state index >= 15 is 0 Å². The van der Waals surface area contributed by atoms with E-state index in [1.165, 1.54) is 0 Å². The van der Waals surface area contributed by atoms with Gasteiger partial charge in [0.25, 0.3) is 0 Å². The molecule has 0 radical (unpaired) electrons. The minimum absolute atomic E-state index is 0.0657. The molecular formula is C28H28O9. The van der Waals surface area contributed by atoms with Crippen LogP contribution in [0.3, 0.4) is 0 Å². The Bertz CT molecular complexity index is 1210. The Hall–Kier alpha value is -4.14. The standard InChI is InChI=1S/C28H28O9/c29-14-1-17(32)23(18(33)2-14)26-7-13-8-27(10-26,24-19(34)3-15(30)4-20(24)35)12-28(9-13,11-26)25-21(36)5-16(31)6-22(25)37/h1-6,13,29-37H,7-12H2. The summed E-state index contributed by atoms with van der Waals surface area (Å²) in [5, 5.41) is 95.6. The Morgan fingerprint density at radius 1 is 0.405 bits per heavy atom. The van der Waals surface area contributed by atoms with Crippen molar-refractivity contribution < 1.29 is 46.0 Å². The molecule has 9 N–H and O–H groups in total. The van der Waals surface area contributed by atoms with Crippen LogP contribution in [0.15, 0.2) is 36.4 Å². The Labute approximate surface area is 211 Å². The lowest BCUT2D eigenvalue weighted by Gasteiger charge is -2.67. The molecule has 3 aromatic carbocycles. The molecular weight excluding hydrogens is 480 g/mol. The summed E-state index contributed by atoms with van der Waals surface area (Å²) in [6.45, 7) is 0. The molecule has 0 saturated heterocycles. The molecule has 9 heteroatoms. The van der Waals surface area contributed by atoms with E-state index in [0.29, 0.717) is 38.5 Å². The van der Waals surface area contributed by atoms with Crippen LogP contribution in [0.2, 0.25) is 0 Å². The maximum Gasteiger partial charge on any atom is 0.126 e. The summed E-state index contributed by atoms with van der Waals surface area (Å²) in [5.74, 6) is -2.81. The van der Waals surface area contributed by atoms with Gasteiger partial charge in [-0.2, -0.15) is 0 Å². The first-order chi connectivity index (χ1) is 17.4. The van der Waals surface area contributed by atoms with Crippen molar-refractivity contribution in [1.82, 2.24) is 0 Å². The zero-order chi connectivity index (χ0) is 26.5. The Morgan fingerprint density at radius 2 is 0.622 bits per heavy atom. The van der Waals surface area contributed by atoms with Crippen molar-refractivity contribution in [3.63, 3.8) is 0 Å². The fourth-order valence-electron chi connectivity index (χ4n) is 8.70. The van der Waals surface area contributed by atoms with Crippen molar-refractivity contribution in [3.8, 4) is 51.7 Å². The van der Waals surface area contributed by atoms with Gasteiger partial charge < -0.3 is 46.0 Å². The molecule has 7 rings (SSSR count). The number of aromatic hydroxyl groups is 9. The molecule has 0 atom stereocenters. The molecule has 0 aliphatic heterocycles. The lowest BCUT2D eigenvalue weighted by atomic mass is 9.36. The second-order valence-corrected chi connectivity index (χ2v) is 11.4. The molecule has 9 nitrogen and oxygen atoms in total. The molecule has 4 fully saturated rings. The quantitative estimate of drug-likeness (QED) is 0.251. The Morgan fingerprint density at radius 3 is 0.838 bits per heavy atom. The van der Waals surface area contributed by atoms with E-state index in [-0.39, 0.29) is 74.4 Å². The largest absolute Gasteiger partial charge is 0.508 e. The highest BCUT2D eigenvalue weighted by Crippen LogP contribution is 2.74. The van der Waals surface area contributed by atoms with Crippen LogP contribution in [0.1, 0.15) is 55.2 Å². The van der Waals surface area contributed by atoms with Crippen molar-refractivity contribution in [2.75, 3.05) is 0 Å². The van der Waals surface area contributed by atoms with E-state index < -0.39 is 16.2 Å². The maximum atomic E-state index is 10.9. The average Bonchev–Trinajstić information content (AvgIpc) is 2.69. The fourth-order valence-corrected chi connectivity index (χ4v) is 8.70. The van der Waals surface area contributed by atoms with Crippen LogP contribution < -0.4 is 0 Å². The third-order valence-corrected chi connectivity index (χ3v) is 8.90. The van der Waals surface area contributed by atoms with Crippen molar-refractivity contribution in [2.45, 2.75) is 54.8 Å². The average molecular weight is 509 g/mol. The van der Waals surface area contributed by atoms with Crippen molar-refractivity contribution >= 4 is 0 Å². The molecule has 0 spiro atoms. The molecule has 37 heavy (non-hydrogen) atoms. The van der Waals surface area contributed by atoms with E-state index in [2.05, 4.69) is 0 Å². The van der Waals surface area contributed by atoms with E-state index in [1.807, 2.05) is 0 Å². The molecule has 0 aromatic heterocycles. The number of phenolic OH excluding ortho intramolecular Hbond substituents is 9. The molecule has 4 aliphatic carbocycles. The summed E-state index contributed by atoms with van der Waals surface area (Å²) >= 11 is 0. The minimum atomic E-state index is -0.922. The maximum absolute atomic E-state index is 10.9. The van der Waals surface area contributed by atoms with Crippen LogP contribution in [-0.2, 0) is 16.2 Å². The molecule has 0 amide bonds. The van der Waals surface area contributed by atoms with Gasteiger partial charge >= 0.3 is 0 Å². The molecule has 4 saturated carbocycles. The van der Waals surface area contributed by atoms with E-state index in [9.17, 15) is 46.0 Å². The lowest BCUT2D eigenvalue weighted by Crippen LogP contribution is -2.62. The smallest absolute Gasteiger partial charge is 0.126 e. The lowest BCUT2D eigenvalue weighted by molar-refractivity contribution is -0.0534. The summed E-state index contributed by atoms with van der Waals surface area (Å²) in [4.78, 5) is 0. The topological polar surface area (TPSA) is 182 Å². The number of phenols is 9. The van der Waals surface area contributed by atoms with Gasteiger partial charge in [-0.05, 0) is 44.4 Å². The summed E-state index contributed by atoms with van der Waals surface area (Å²) in [6.07, 6.45) is 2.53. The SMILES string of the molecule is Oc1cc(O)c(C23CC4CC(c5c(O)cc(O)cc5O)(C2)CC(c2c(O)cc(O)cc2O)(C4)C3)c(O)c1. The van der Waals surface area contributed by atoms with Crippen molar-refractivity contribution in [1.29, 1.82) is 0 Å². The van der Waals surface area contributed by atoms with Gasteiger partial charge in [0.05, 0.1) is 0 Å². The summed E-state index contributed by atoms with van der Waals surface area (Å²) in [5.41, 5.74) is -2.10. The Balaban J connectivity index is 1.66. The van der Waals surface area contributed by atoms with Crippen LogP contribution in [0, 0.1) is 5.92 Å². The van der Waals surface area contributed by atoms with Crippen molar-refractivity contribution in [2.24, 2.45) is 5.92 Å². The van der Waals surface area contributed by atoms with Crippen LogP contribution in [0.4, 0.5) is 0 Å². The highest BCUT2D eigenvalue weighted by molar-refractivity contribution is 5.62. The summed E-state index contributed by atoms with van der Waals surface area (Å²) in [7, 11) is 0. The van der Waals surface area contributed by atoms with Gasteiger partial charge in [0, 0.05) is 69.3 Å². The number of hydrogen-bond donors (Lipinski definition) is 9. The van der Waals surface area contributed by atoms with Crippen LogP contribution >= 0.6 is 0 Å². The number of rotatable bonds is 3. The van der Waals surface area contributed by atoms with E-state index in [1.54, 1.807) is 0 Å². The van der Waals surface area contributed by atoms with E-state index in [0.717, 1.165) is 36.4 Å². The fraction of sp³-hybridized carbons (Fsp3) is 0.357. The van der Waals surface area contributed by atoms with Gasteiger partial charge in [-0.25, -0.2) is 0 Å². The predicted molar refractivity (Wildman–Crippen MR) is 131 cm³/mol. The predicted octanol–water partition coefficient (Wildman–Crippen LogP) is 4.15. The van der Waals surface area contributed by atoms with Crippen molar-refractivity contribution in [3.05, 3.63) is 53.1 Å². The third-order valence-electron chi connectivity index (χ3n) is 8.90. The second kappa shape index (κ2) is 7.21. The number of hydrogen-bond acceptors (Lipinski definition) is 9. The zero-order valence-electron chi connectivity index (χ0n) is 19.8. The molecule has 4 aliphatic rings. The first kappa shape index (κ1) is 23.3. The summed E-state index contributed by atoms with van der Waals surface area (Å²) in [6, 6.07) is 6.90. The van der Waals surface area contributed by atoms with Gasteiger partial charge in [0.2, 0.25) is 0 Å². The Kier molecular flexibility index (Phi) is 4.54. The minimum Gasteiger partial charge on any atom is -0.508 e. The summed E-state index contributed by atoms with van der Waals surface area (Å²) < 4.78 is 0. The highest BCUT2D eigenvalue weighted by atomic mass is 16.3. The normalized spacial score (nSPS) is 30.0. The van der Waals surface area contributed by atoms with Gasteiger partial charge in [0.15, 0.2) is 0 Å². The van der Waals surface area contributed by atoms with Gasteiger partial charge in [-0.1, -0.05) is 0 Å². The third kappa shape index (κ3) is 3.16. The molecule has 4 bridgehead atoms. The highest BCUT2D eigenvalue weighted by Gasteiger charge is 2.67. The van der Waals surface area contributed by atoms with Crippen LogP contribution in [-0.4, -0.2) is 46.0 Å². The van der Waals surface area contributed by atoms with Crippen LogP contribution in [0.25, 0.3) is 0 Å². The van der Waals surface area contributed by atoms with E-state index in [4.69, 9.17) is 0 Å². The molecule has 0 heterocycles. The van der Waals surface area contributed by atoms with Crippen LogP contribution in [0.5, 0.6) is 51.7 Å². The van der Waals surface area contributed by atoms with Gasteiger partial charge in [0.1, 0.15) is 51.7 Å².